The molecule has 1 aromatic carbocycles. The maximum Gasteiger partial charge on any atom is 0.124 e. The standard InChI is InChI=1S/C10H8BrNO/c11-9-6-12-10-5-7(3-4-13)1-2-8(9)10/h1-2,4-6,12H,3H2. The van der Waals surface area contributed by atoms with Gasteiger partial charge in [-0.25, -0.2) is 0 Å². The van der Waals surface area contributed by atoms with Gasteiger partial charge in [-0.1, -0.05) is 12.1 Å². The lowest BCUT2D eigenvalue weighted by atomic mass is 10.1. The number of H-pyrrole nitrogens is 1. The van der Waals surface area contributed by atoms with E-state index in [1.165, 1.54) is 0 Å². The van der Waals surface area contributed by atoms with Gasteiger partial charge >= 0.3 is 0 Å². The Morgan fingerprint density at radius 3 is 3.08 bits per heavy atom. The minimum Gasteiger partial charge on any atom is -0.360 e. The van der Waals surface area contributed by atoms with Crippen molar-refractivity contribution in [2.24, 2.45) is 0 Å². The van der Waals surface area contributed by atoms with Crippen molar-refractivity contribution in [2.75, 3.05) is 0 Å². The van der Waals surface area contributed by atoms with E-state index < -0.39 is 0 Å². The van der Waals surface area contributed by atoms with Gasteiger partial charge in [0.25, 0.3) is 0 Å². The van der Waals surface area contributed by atoms with Crippen molar-refractivity contribution in [3.8, 4) is 0 Å². The van der Waals surface area contributed by atoms with Crippen molar-refractivity contribution in [3.63, 3.8) is 0 Å². The van der Waals surface area contributed by atoms with Crippen molar-refractivity contribution in [3.05, 3.63) is 34.4 Å². The Morgan fingerprint density at radius 1 is 1.46 bits per heavy atom. The molecule has 2 rings (SSSR count). The third-order valence-corrected chi connectivity index (χ3v) is 2.67. The molecule has 0 fully saturated rings. The zero-order chi connectivity index (χ0) is 9.26. The number of carbonyl (C=O) groups excluding carboxylic acids is 1. The van der Waals surface area contributed by atoms with Crippen molar-refractivity contribution >= 4 is 33.1 Å². The first-order valence-electron chi connectivity index (χ1n) is 4.00. The summed E-state index contributed by atoms with van der Waals surface area (Å²) in [7, 11) is 0. The number of hydrogen-bond acceptors (Lipinski definition) is 1. The van der Waals surface area contributed by atoms with E-state index in [1.807, 2.05) is 24.4 Å². The third kappa shape index (κ3) is 1.52. The molecule has 0 atom stereocenters. The number of aromatic nitrogens is 1. The van der Waals surface area contributed by atoms with Crippen LogP contribution < -0.4 is 0 Å². The molecule has 13 heavy (non-hydrogen) atoms. The number of halogens is 1. The number of aldehydes is 1. The molecule has 1 heterocycles. The summed E-state index contributed by atoms with van der Waals surface area (Å²) < 4.78 is 1.06. The van der Waals surface area contributed by atoms with Crippen LogP contribution in [0, 0.1) is 0 Å². The molecule has 0 amide bonds. The Morgan fingerprint density at radius 2 is 2.31 bits per heavy atom. The second kappa shape index (κ2) is 3.34. The highest BCUT2D eigenvalue weighted by atomic mass is 79.9. The van der Waals surface area contributed by atoms with Crippen LogP contribution in [0.3, 0.4) is 0 Å². The van der Waals surface area contributed by atoms with Gasteiger partial charge in [-0.2, -0.15) is 0 Å². The Kier molecular flexibility index (Phi) is 2.19. The predicted molar refractivity (Wildman–Crippen MR) is 55.8 cm³/mol. The average Bonchev–Trinajstić information content (AvgIpc) is 2.48. The molecule has 2 nitrogen and oxygen atoms in total. The second-order valence-corrected chi connectivity index (χ2v) is 3.74. The SMILES string of the molecule is O=CCc1ccc2c(Br)c[nH]c2c1. The van der Waals surface area contributed by atoms with Gasteiger partial charge in [0, 0.05) is 28.0 Å². The topological polar surface area (TPSA) is 32.9 Å². The molecule has 0 aliphatic heterocycles. The summed E-state index contributed by atoms with van der Waals surface area (Å²) in [6.45, 7) is 0. The Bertz CT molecular complexity index is 447. The molecule has 66 valence electrons. The van der Waals surface area contributed by atoms with Gasteiger partial charge in [0.1, 0.15) is 6.29 Å². The molecular weight excluding hydrogens is 230 g/mol. The molecule has 0 aliphatic carbocycles. The first-order valence-corrected chi connectivity index (χ1v) is 4.79. The van der Waals surface area contributed by atoms with Gasteiger partial charge in [0.15, 0.2) is 0 Å². The van der Waals surface area contributed by atoms with Crippen LogP contribution in [0.5, 0.6) is 0 Å². The summed E-state index contributed by atoms with van der Waals surface area (Å²) in [4.78, 5) is 13.4. The number of hydrogen-bond donors (Lipinski definition) is 1. The molecule has 2 aromatic rings. The molecule has 0 bridgehead atoms. The monoisotopic (exact) mass is 237 g/mol. The van der Waals surface area contributed by atoms with Crippen LogP contribution in [0.25, 0.3) is 10.9 Å². The van der Waals surface area contributed by atoms with E-state index in [0.717, 1.165) is 27.2 Å². The summed E-state index contributed by atoms with van der Waals surface area (Å²) in [6.07, 6.45) is 3.29. The fourth-order valence-corrected chi connectivity index (χ4v) is 1.82. The maximum absolute atomic E-state index is 10.3. The van der Waals surface area contributed by atoms with Crippen molar-refractivity contribution in [1.29, 1.82) is 0 Å². The fraction of sp³-hybridized carbons (Fsp3) is 0.100. The zero-order valence-electron chi connectivity index (χ0n) is 6.88. The first-order chi connectivity index (χ1) is 6.31. The van der Waals surface area contributed by atoms with Crippen LogP contribution in [0.2, 0.25) is 0 Å². The number of nitrogens with one attached hydrogen (secondary N) is 1. The summed E-state index contributed by atoms with van der Waals surface area (Å²) in [6, 6.07) is 5.97. The van der Waals surface area contributed by atoms with E-state index in [2.05, 4.69) is 20.9 Å². The lowest BCUT2D eigenvalue weighted by Crippen LogP contribution is -1.84. The summed E-state index contributed by atoms with van der Waals surface area (Å²) in [5.74, 6) is 0. The molecule has 0 aliphatic rings. The van der Waals surface area contributed by atoms with Crippen LogP contribution in [-0.2, 0) is 11.2 Å². The van der Waals surface area contributed by atoms with Gasteiger partial charge < -0.3 is 9.78 Å². The maximum atomic E-state index is 10.3. The first kappa shape index (κ1) is 8.51. The van der Waals surface area contributed by atoms with Crippen molar-refractivity contribution < 1.29 is 4.79 Å². The minimum absolute atomic E-state index is 0.479. The number of fused-ring (bicyclic) bond motifs is 1. The normalized spacial score (nSPS) is 10.5. The summed E-state index contributed by atoms with van der Waals surface area (Å²) in [5, 5.41) is 1.15. The quantitative estimate of drug-likeness (QED) is 0.801. The fourth-order valence-electron chi connectivity index (χ4n) is 1.36. The molecule has 0 saturated carbocycles. The van der Waals surface area contributed by atoms with Gasteiger partial charge in [0.05, 0.1) is 0 Å². The highest BCUT2D eigenvalue weighted by Crippen LogP contribution is 2.23. The zero-order valence-corrected chi connectivity index (χ0v) is 8.47. The van der Waals surface area contributed by atoms with Gasteiger partial charge in [-0.3, -0.25) is 0 Å². The van der Waals surface area contributed by atoms with Crippen LogP contribution in [-0.4, -0.2) is 11.3 Å². The Hall–Kier alpha value is -1.09. The van der Waals surface area contributed by atoms with E-state index in [-0.39, 0.29) is 0 Å². The Balaban J connectivity index is 2.56. The lowest BCUT2D eigenvalue weighted by Gasteiger charge is -1.95. The molecule has 3 heteroatoms. The number of rotatable bonds is 2. The lowest BCUT2D eigenvalue weighted by molar-refractivity contribution is -0.107. The average molecular weight is 238 g/mol. The van der Waals surface area contributed by atoms with Crippen molar-refractivity contribution in [1.82, 2.24) is 4.98 Å². The van der Waals surface area contributed by atoms with Crippen molar-refractivity contribution in [2.45, 2.75) is 6.42 Å². The molecule has 0 radical (unpaired) electrons. The van der Waals surface area contributed by atoms with E-state index in [9.17, 15) is 4.79 Å². The number of carbonyl (C=O) groups is 1. The van der Waals surface area contributed by atoms with E-state index >= 15 is 0 Å². The summed E-state index contributed by atoms with van der Waals surface area (Å²) >= 11 is 3.43. The second-order valence-electron chi connectivity index (χ2n) is 2.89. The largest absolute Gasteiger partial charge is 0.360 e. The minimum atomic E-state index is 0.479. The third-order valence-electron chi connectivity index (χ3n) is 2.01. The van der Waals surface area contributed by atoms with Gasteiger partial charge in [0.2, 0.25) is 0 Å². The van der Waals surface area contributed by atoms with Gasteiger partial charge in [-0.15, -0.1) is 0 Å². The van der Waals surface area contributed by atoms with Crippen LogP contribution in [0.1, 0.15) is 5.56 Å². The number of benzene rings is 1. The van der Waals surface area contributed by atoms with E-state index in [4.69, 9.17) is 0 Å². The molecule has 0 spiro atoms. The molecular formula is C10H8BrNO. The van der Waals surface area contributed by atoms with Crippen LogP contribution >= 0.6 is 15.9 Å². The molecule has 0 saturated heterocycles. The predicted octanol–water partition coefficient (Wildman–Crippen LogP) is 2.67. The van der Waals surface area contributed by atoms with Gasteiger partial charge in [-0.05, 0) is 27.6 Å². The smallest absolute Gasteiger partial charge is 0.124 e. The van der Waals surface area contributed by atoms with E-state index in [1.54, 1.807) is 0 Å². The van der Waals surface area contributed by atoms with Crippen LogP contribution in [0.15, 0.2) is 28.9 Å². The number of aromatic amines is 1. The Labute approximate surface area is 84.1 Å². The van der Waals surface area contributed by atoms with E-state index in [0.29, 0.717) is 6.42 Å². The highest BCUT2D eigenvalue weighted by molar-refractivity contribution is 9.10. The molecule has 1 N–H and O–H groups in total. The molecule has 0 unspecified atom stereocenters. The van der Waals surface area contributed by atoms with Crippen LogP contribution in [0.4, 0.5) is 0 Å². The summed E-state index contributed by atoms with van der Waals surface area (Å²) in [5.41, 5.74) is 2.10. The highest BCUT2D eigenvalue weighted by Gasteiger charge is 2.00. The molecule has 1 aromatic heterocycles.